The predicted molar refractivity (Wildman–Crippen MR) is 126 cm³/mol. The average molecular weight is 491 g/mol. The van der Waals surface area contributed by atoms with E-state index in [4.69, 9.17) is 11.6 Å². The van der Waals surface area contributed by atoms with Gasteiger partial charge < -0.3 is 4.57 Å². The Balaban J connectivity index is 1.69. The highest BCUT2D eigenvalue weighted by atomic mass is 79.9. The molecule has 29 heavy (non-hydrogen) atoms. The number of thioether (sulfide) groups is 1. The van der Waals surface area contributed by atoms with Gasteiger partial charge in [-0.1, -0.05) is 29.8 Å². The third kappa shape index (κ3) is 5.13. The maximum absolute atomic E-state index is 12.1. The van der Waals surface area contributed by atoms with E-state index >= 15 is 0 Å². The highest BCUT2D eigenvalue weighted by Crippen LogP contribution is 2.30. The summed E-state index contributed by atoms with van der Waals surface area (Å²) in [6.45, 7) is 6.19. The van der Waals surface area contributed by atoms with Gasteiger partial charge in [0.05, 0.1) is 12.0 Å². The van der Waals surface area contributed by atoms with Gasteiger partial charge in [-0.2, -0.15) is 5.10 Å². The quantitative estimate of drug-likeness (QED) is 0.259. The molecule has 0 saturated heterocycles. The molecule has 7 heteroatoms. The van der Waals surface area contributed by atoms with Crippen LogP contribution in [0.25, 0.3) is 5.69 Å². The molecule has 1 heterocycles. The standard InChI is InChI=1S/C22H21BrClN3OS/c1-14-6-4-5-7-20(14)27-15(2)19(22(23)16(27)3)12-25-26-21(28)13-29-18-10-8-17(24)9-11-18/h4-12H,13H2,1-3H3,(H,26,28)/b25-12-. The summed E-state index contributed by atoms with van der Waals surface area (Å²) in [5, 5.41) is 4.84. The summed E-state index contributed by atoms with van der Waals surface area (Å²) in [6, 6.07) is 15.6. The minimum Gasteiger partial charge on any atom is -0.316 e. The van der Waals surface area contributed by atoms with Gasteiger partial charge in [0.25, 0.3) is 0 Å². The van der Waals surface area contributed by atoms with Crippen molar-refractivity contribution in [3.05, 3.63) is 80.5 Å². The Morgan fingerprint density at radius 3 is 2.52 bits per heavy atom. The monoisotopic (exact) mass is 489 g/mol. The normalized spacial score (nSPS) is 11.2. The summed E-state index contributed by atoms with van der Waals surface area (Å²) in [4.78, 5) is 13.1. The van der Waals surface area contributed by atoms with Gasteiger partial charge in [-0.3, -0.25) is 4.79 Å². The predicted octanol–water partition coefficient (Wildman–Crippen LogP) is 6.06. The van der Waals surface area contributed by atoms with Crippen LogP contribution in [0.2, 0.25) is 5.02 Å². The third-order valence-corrected chi connectivity index (χ3v) is 6.80. The SMILES string of the molecule is Cc1ccccc1-n1c(C)c(Br)c(/C=N\NC(=O)CSc2ccc(Cl)cc2)c1C. The molecule has 0 fully saturated rings. The molecule has 0 aliphatic heterocycles. The van der Waals surface area contributed by atoms with Gasteiger partial charge >= 0.3 is 0 Å². The Kier molecular flexibility index (Phi) is 7.22. The largest absolute Gasteiger partial charge is 0.316 e. The second-order valence-electron chi connectivity index (χ2n) is 6.56. The smallest absolute Gasteiger partial charge is 0.250 e. The van der Waals surface area contributed by atoms with E-state index in [0.29, 0.717) is 5.02 Å². The van der Waals surface area contributed by atoms with Crippen LogP contribution in [0.4, 0.5) is 0 Å². The van der Waals surface area contributed by atoms with Crippen LogP contribution in [0.1, 0.15) is 22.5 Å². The molecule has 1 aromatic heterocycles. The first kappa shape index (κ1) is 21.7. The van der Waals surface area contributed by atoms with E-state index in [1.165, 1.54) is 17.3 Å². The molecule has 0 unspecified atom stereocenters. The molecule has 0 bridgehead atoms. The van der Waals surface area contributed by atoms with Crippen molar-refractivity contribution in [1.82, 2.24) is 9.99 Å². The second kappa shape index (κ2) is 9.65. The summed E-state index contributed by atoms with van der Waals surface area (Å²) >= 11 is 11.0. The molecule has 4 nitrogen and oxygen atoms in total. The minimum absolute atomic E-state index is 0.162. The lowest BCUT2D eigenvalue weighted by Gasteiger charge is -2.12. The lowest BCUT2D eigenvalue weighted by Crippen LogP contribution is -2.19. The first-order valence-corrected chi connectivity index (χ1v) is 11.2. The van der Waals surface area contributed by atoms with Gasteiger partial charge in [0.15, 0.2) is 0 Å². The van der Waals surface area contributed by atoms with E-state index in [0.717, 1.165) is 32.0 Å². The Morgan fingerprint density at radius 1 is 1.14 bits per heavy atom. The fourth-order valence-corrected chi connectivity index (χ4v) is 4.41. The molecule has 1 N–H and O–H groups in total. The molecule has 0 spiro atoms. The van der Waals surface area contributed by atoms with Crippen molar-refractivity contribution in [3.8, 4) is 5.69 Å². The summed E-state index contributed by atoms with van der Waals surface area (Å²) in [7, 11) is 0. The second-order valence-corrected chi connectivity index (χ2v) is 8.83. The van der Waals surface area contributed by atoms with Crippen LogP contribution in [0.3, 0.4) is 0 Å². The molecule has 0 saturated carbocycles. The van der Waals surface area contributed by atoms with Crippen molar-refractivity contribution in [2.75, 3.05) is 5.75 Å². The highest BCUT2D eigenvalue weighted by molar-refractivity contribution is 9.10. The molecule has 0 atom stereocenters. The number of hydrazone groups is 1. The van der Waals surface area contributed by atoms with Crippen LogP contribution < -0.4 is 5.43 Å². The number of amides is 1. The molecule has 150 valence electrons. The van der Waals surface area contributed by atoms with Crippen molar-refractivity contribution in [3.63, 3.8) is 0 Å². The minimum atomic E-state index is -0.162. The number of carbonyl (C=O) groups is 1. The van der Waals surface area contributed by atoms with E-state index in [-0.39, 0.29) is 11.7 Å². The summed E-state index contributed by atoms with van der Waals surface area (Å²) in [5.74, 6) is 0.118. The number of halogens is 2. The van der Waals surface area contributed by atoms with Crippen LogP contribution in [-0.4, -0.2) is 22.4 Å². The lowest BCUT2D eigenvalue weighted by atomic mass is 10.2. The Hall–Kier alpha value is -2.02. The van der Waals surface area contributed by atoms with Gasteiger partial charge in [0, 0.05) is 37.0 Å². The third-order valence-electron chi connectivity index (χ3n) is 4.54. The molecule has 0 aliphatic rings. The van der Waals surface area contributed by atoms with Gasteiger partial charge in [-0.05, 0) is 72.6 Å². The van der Waals surface area contributed by atoms with E-state index in [1.807, 2.05) is 43.3 Å². The van der Waals surface area contributed by atoms with E-state index in [1.54, 1.807) is 6.21 Å². The van der Waals surface area contributed by atoms with Gasteiger partial charge in [0.2, 0.25) is 5.91 Å². The molecular formula is C22H21BrClN3OS. The van der Waals surface area contributed by atoms with Crippen LogP contribution >= 0.6 is 39.3 Å². The number of aryl methyl sites for hydroxylation is 1. The van der Waals surface area contributed by atoms with Crippen molar-refractivity contribution in [1.29, 1.82) is 0 Å². The Labute approximate surface area is 188 Å². The van der Waals surface area contributed by atoms with Gasteiger partial charge in [-0.15, -0.1) is 11.8 Å². The number of benzene rings is 2. The average Bonchev–Trinajstić information content (AvgIpc) is 2.91. The molecule has 3 rings (SSSR count). The number of carbonyl (C=O) groups excluding carboxylic acids is 1. The number of nitrogens with zero attached hydrogens (tertiary/aromatic N) is 2. The number of hydrogen-bond donors (Lipinski definition) is 1. The zero-order valence-corrected chi connectivity index (χ0v) is 19.5. The number of nitrogens with one attached hydrogen (secondary N) is 1. The lowest BCUT2D eigenvalue weighted by molar-refractivity contribution is -0.118. The fourth-order valence-electron chi connectivity index (χ4n) is 3.03. The molecule has 3 aromatic rings. The first-order valence-electron chi connectivity index (χ1n) is 9.02. The van der Waals surface area contributed by atoms with E-state index < -0.39 is 0 Å². The van der Waals surface area contributed by atoms with Crippen molar-refractivity contribution < 1.29 is 4.79 Å². The van der Waals surface area contributed by atoms with Crippen LogP contribution in [0, 0.1) is 20.8 Å². The van der Waals surface area contributed by atoms with Crippen LogP contribution in [0.5, 0.6) is 0 Å². The Morgan fingerprint density at radius 2 is 1.83 bits per heavy atom. The number of aromatic nitrogens is 1. The van der Waals surface area contributed by atoms with Crippen LogP contribution in [-0.2, 0) is 4.79 Å². The number of para-hydroxylation sites is 1. The van der Waals surface area contributed by atoms with Crippen molar-refractivity contribution in [2.45, 2.75) is 25.7 Å². The molecular weight excluding hydrogens is 470 g/mol. The summed E-state index contributed by atoms with van der Waals surface area (Å²) in [6.07, 6.45) is 1.69. The van der Waals surface area contributed by atoms with Gasteiger partial charge in [-0.25, -0.2) is 5.43 Å². The molecule has 1 amide bonds. The summed E-state index contributed by atoms with van der Waals surface area (Å²) < 4.78 is 3.16. The number of rotatable bonds is 6. The van der Waals surface area contributed by atoms with E-state index in [9.17, 15) is 4.79 Å². The summed E-state index contributed by atoms with van der Waals surface area (Å²) in [5.41, 5.74) is 8.00. The first-order chi connectivity index (χ1) is 13.9. The zero-order chi connectivity index (χ0) is 21.0. The number of hydrogen-bond acceptors (Lipinski definition) is 3. The maximum Gasteiger partial charge on any atom is 0.250 e. The fraction of sp³-hybridized carbons (Fsp3) is 0.182. The van der Waals surface area contributed by atoms with E-state index in [2.05, 4.69) is 57.0 Å². The topological polar surface area (TPSA) is 46.4 Å². The van der Waals surface area contributed by atoms with Crippen LogP contribution in [0.15, 0.2) is 63.0 Å². The maximum atomic E-state index is 12.1. The molecule has 0 radical (unpaired) electrons. The molecule has 2 aromatic carbocycles. The van der Waals surface area contributed by atoms with Crippen molar-refractivity contribution >= 4 is 51.4 Å². The Bertz CT molecular complexity index is 1060. The molecule has 0 aliphatic carbocycles. The zero-order valence-electron chi connectivity index (χ0n) is 16.4. The highest BCUT2D eigenvalue weighted by Gasteiger charge is 2.16. The van der Waals surface area contributed by atoms with Gasteiger partial charge in [0.1, 0.15) is 0 Å². The van der Waals surface area contributed by atoms with Crippen molar-refractivity contribution in [2.24, 2.45) is 5.10 Å².